The molecule has 0 amide bonds. The van der Waals surface area contributed by atoms with Gasteiger partial charge in [-0.2, -0.15) is 18.3 Å². The molecule has 2 atom stereocenters. The molecule has 0 bridgehead atoms. The molecule has 164 valence electrons. The van der Waals surface area contributed by atoms with Crippen molar-refractivity contribution < 1.29 is 22.7 Å². The summed E-state index contributed by atoms with van der Waals surface area (Å²) in [5.41, 5.74) is 3.48. The zero-order valence-corrected chi connectivity index (χ0v) is 17.5. The first-order valence-electron chi connectivity index (χ1n) is 9.98. The average molecular weight is 432 g/mol. The van der Waals surface area contributed by atoms with E-state index in [4.69, 9.17) is 4.74 Å². The lowest BCUT2D eigenvalue weighted by Gasteiger charge is -2.38. The van der Waals surface area contributed by atoms with E-state index >= 15 is 0 Å². The van der Waals surface area contributed by atoms with Crippen LogP contribution in [-0.4, -0.2) is 56.9 Å². The number of hydrogen-bond donors (Lipinski definition) is 0. The molecule has 0 aliphatic carbocycles. The average Bonchev–Trinajstić information content (AvgIpc) is 3.13. The van der Waals surface area contributed by atoms with E-state index in [1.54, 1.807) is 21.8 Å². The zero-order valence-electron chi connectivity index (χ0n) is 17.5. The van der Waals surface area contributed by atoms with E-state index in [-0.39, 0.29) is 25.0 Å². The van der Waals surface area contributed by atoms with Crippen molar-refractivity contribution in [2.75, 3.05) is 13.2 Å². The molecule has 1 aliphatic heterocycles. The smallest absolute Gasteiger partial charge is 0.366 e. The highest BCUT2D eigenvalue weighted by molar-refractivity contribution is 6.01. The summed E-state index contributed by atoms with van der Waals surface area (Å²) in [6, 6.07) is 7.24. The van der Waals surface area contributed by atoms with Crippen molar-refractivity contribution in [3.8, 4) is 11.1 Å². The Morgan fingerprint density at radius 2 is 2.06 bits per heavy atom. The topological polar surface area (TPSA) is 60.2 Å². The second-order valence-electron chi connectivity index (χ2n) is 8.01. The molecule has 6 nitrogen and oxygen atoms in total. The van der Waals surface area contributed by atoms with Gasteiger partial charge < -0.3 is 4.74 Å². The summed E-state index contributed by atoms with van der Waals surface area (Å²) < 4.78 is 46.0. The number of rotatable bonds is 4. The number of nitrogens with zero attached hydrogens (tertiary/aromatic N) is 4. The van der Waals surface area contributed by atoms with Gasteiger partial charge in [-0.3, -0.25) is 14.4 Å². The Morgan fingerprint density at radius 3 is 2.71 bits per heavy atom. The van der Waals surface area contributed by atoms with Gasteiger partial charge >= 0.3 is 6.18 Å². The predicted molar refractivity (Wildman–Crippen MR) is 110 cm³/mol. The summed E-state index contributed by atoms with van der Waals surface area (Å²) in [6.45, 7) is 3.44. The number of ketones is 1. The first-order valence-corrected chi connectivity index (χ1v) is 9.98. The lowest BCUT2D eigenvalue weighted by molar-refractivity contribution is -0.244. The Labute approximate surface area is 177 Å². The molecule has 1 aromatic carbocycles. The van der Waals surface area contributed by atoms with Gasteiger partial charge in [0.1, 0.15) is 5.69 Å². The number of aryl methyl sites for hydroxylation is 1. The van der Waals surface area contributed by atoms with Crippen LogP contribution < -0.4 is 0 Å². The fraction of sp³-hybridized carbons (Fsp3) is 0.409. The Hall–Kier alpha value is -2.78. The zero-order chi connectivity index (χ0) is 22.3. The van der Waals surface area contributed by atoms with Crippen molar-refractivity contribution in [2.45, 2.75) is 38.7 Å². The van der Waals surface area contributed by atoms with Gasteiger partial charge in [0.2, 0.25) is 0 Å². The first kappa shape index (κ1) is 21.5. The number of morpholine rings is 1. The quantitative estimate of drug-likeness (QED) is 0.584. The standard InChI is InChI=1S/C22H23F3N4O2/c1-13-12-31-21(22(23,24)25)11-29(13)9-15-4-5-17-18(16-8-26-28(3)10-16)7-19(14(2)30)27-20(17)6-15/h4-8,10,13,21H,9,11-12H2,1-3H3/t13-,21+/m0/s1. The minimum Gasteiger partial charge on any atom is -0.366 e. The molecule has 31 heavy (non-hydrogen) atoms. The SMILES string of the molecule is CC(=O)c1cc(-c2cnn(C)c2)c2ccc(CN3C[C@H](C(F)(F)F)OC[C@@H]3C)cc2n1. The molecule has 2 aromatic heterocycles. The van der Waals surface area contributed by atoms with Gasteiger partial charge in [0.15, 0.2) is 11.9 Å². The summed E-state index contributed by atoms with van der Waals surface area (Å²) in [5.74, 6) is -0.160. The maximum absolute atomic E-state index is 13.1. The lowest BCUT2D eigenvalue weighted by atomic mass is 10.00. The van der Waals surface area contributed by atoms with Gasteiger partial charge in [0.25, 0.3) is 0 Å². The first-order chi connectivity index (χ1) is 14.6. The molecule has 0 radical (unpaired) electrons. The highest BCUT2D eigenvalue weighted by Crippen LogP contribution is 2.31. The van der Waals surface area contributed by atoms with Crippen LogP contribution in [0.4, 0.5) is 13.2 Å². The van der Waals surface area contributed by atoms with Crippen LogP contribution in [0.5, 0.6) is 0 Å². The number of hydrogen-bond acceptors (Lipinski definition) is 5. The minimum absolute atomic E-state index is 0.0235. The summed E-state index contributed by atoms with van der Waals surface area (Å²) in [7, 11) is 1.81. The molecule has 1 fully saturated rings. The highest BCUT2D eigenvalue weighted by Gasteiger charge is 2.44. The van der Waals surface area contributed by atoms with Gasteiger partial charge in [0.05, 0.1) is 18.3 Å². The van der Waals surface area contributed by atoms with E-state index in [9.17, 15) is 18.0 Å². The van der Waals surface area contributed by atoms with E-state index in [2.05, 4.69) is 10.1 Å². The Balaban J connectivity index is 1.69. The number of ether oxygens (including phenoxy) is 1. The number of halogens is 3. The van der Waals surface area contributed by atoms with Crippen LogP contribution in [0.2, 0.25) is 0 Å². The number of fused-ring (bicyclic) bond motifs is 1. The molecule has 0 N–H and O–H groups in total. The van der Waals surface area contributed by atoms with Crippen LogP contribution in [0.15, 0.2) is 36.7 Å². The normalized spacial score (nSPS) is 20.3. The molecule has 3 aromatic rings. The number of Topliss-reactive ketones (excluding diaryl/α,β-unsaturated/α-hetero) is 1. The van der Waals surface area contributed by atoms with Crippen molar-refractivity contribution >= 4 is 16.7 Å². The second kappa shape index (κ2) is 8.05. The van der Waals surface area contributed by atoms with Crippen molar-refractivity contribution in [2.24, 2.45) is 7.05 Å². The van der Waals surface area contributed by atoms with Crippen LogP contribution in [0.1, 0.15) is 29.9 Å². The lowest BCUT2D eigenvalue weighted by Crippen LogP contribution is -2.52. The summed E-state index contributed by atoms with van der Waals surface area (Å²) in [6.07, 6.45) is -2.60. The molecule has 1 saturated heterocycles. The van der Waals surface area contributed by atoms with Crippen LogP contribution in [0.25, 0.3) is 22.0 Å². The Bertz CT molecular complexity index is 1130. The fourth-order valence-electron chi connectivity index (χ4n) is 3.81. The van der Waals surface area contributed by atoms with E-state index in [0.29, 0.717) is 17.8 Å². The van der Waals surface area contributed by atoms with Crippen LogP contribution in [0, 0.1) is 0 Å². The largest absolute Gasteiger partial charge is 0.415 e. The molecule has 1 aliphatic rings. The molecule has 0 saturated carbocycles. The van der Waals surface area contributed by atoms with Crippen molar-refractivity contribution in [3.05, 3.63) is 47.9 Å². The Kier molecular flexibility index (Phi) is 5.57. The summed E-state index contributed by atoms with van der Waals surface area (Å²) in [5, 5.41) is 5.06. The van der Waals surface area contributed by atoms with Crippen molar-refractivity contribution in [1.82, 2.24) is 19.7 Å². The van der Waals surface area contributed by atoms with E-state index < -0.39 is 12.3 Å². The van der Waals surface area contributed by atoms with Gasteiger partial charge in [-0.25, -0.2) is 4.98 Å². The number of carbonyl (C=O) groups is 1. The predicted octanol–water partition coefficient (Wildman–Crippen LogP) is 3.99. The van der Waals surface area contributed by atoms with Gasteiger partial charge in [-0.15, -0.1) is 0 Å². The number of pyridine rings is 1. The highest BCUT2D eigenvalue weighted by atomic mass is 19.4. The molecule has 9 heteroatoms. The Morgan fingerprint density at radius 1 is 1.29 bits per heavy atom. The monoisotopic (exact) mass is 432 g/mol. The molecular formula is C22H23F3N4O2. The van der Waals surface area contributed by atoms with Crippen LogP contribution in [-0.2, 0) is 18.3 Å². The van der Waals surface area contributed by atoms with Crippen molar-refractivity contribution in [1.29, 1.82) is 0 Å². The van der Waals surface area contributed by atoms with Gasteiger partial charge in [-0.1, -0.05) is 12.1 Å². The van der Waals surface area contributed by atoms with Crippen LogP contribution in [0.3, 0.4) is 0 Å². The number of carbonyl (C=O) groups excluding carboxylic acids is 1. The molecular weight excluding hydrogens is 409 g/mol. The van der Waals surface area contributed by atoms with Crippen LogP contribution >= 0.6 is 0 Å². The van der Waals surface area contributed by atoms with E-state index in [1.807, 2.05) is 38.4 Å². The maximum Gasteiger partial charge on any atom is 0.415 e. The van der Waals surface area contributed by atoms with Gasteiger partial charge in [0, 0.05) is 50.2 Å². The van der Waals surface area contributed by atoms with E-state index in [0.717, 1.165) is 22.1 Å². The molecule has 4 rings (SSSR count). The molecule has 0 unspecified atom stereocenters. The molecule has 3 heterocycles. The third-order valence-electron chi connectivity index (χ3n) is 5.56. The third-order valence-corrected chi connectivity index (χ3v) is 5.56. The number of benzene rings is 1. The fourth-order valence-corrected chi connectivity index (χ4v) is 3.81. The van der Waals surface area contributed by atoms with E-state index in [1.165, 1.54) is 6.92 Å². The maximum atomic E-state index is 13.1. The number of aromatic nitrogens is 3. The van der Waals surface area contributed by atoms with Gasteiger partial charge in [-0.05, 0) is 30.2 Å². The summed E-state index contributed by atoms with van der Waals surface area (Å²) >= 11 is 0. The van der Waals surface area contributed by atoms with Crippen molar-refractivity contribution in [3.63, 3.8) is 0 Å². The third kappa shape index (κ3) is 4.47. The minimum atomic E-state index is -4.39. The summed E-state index contributed by atoms with van der Waals surface area (Å²) in [4.78, 5) is 18.3. The number of alkyl halides is 3. The second-order valence-corrected chi connectivity index (χ2v) is 8.01. The molecule has 0 spiro atoms.